The van der Waals surface area contributed by atoms with Gasteiger partial charge in [0.05, 0.1) is 5.52 Å². The van der Waals surface area contributed by atoms with Gasteiger partial charge in [0.1, 0.15) is 5.15 Å². The molecule has 0 atom stereocenters. The quantitative estimate of drug-likeness (QED) is 0.526. The lowest BCUT2D eigenvalue weighted by Crippen LogP contribution is -1.88. The van der Waals surface area contributed by atoms with Gasteiger partial charge in [0.15, 0.2) is 0 Å². The molecule has 1 aliphatic rings. The van der Waals surface area contributed by atoms with Gasteiger partial charge in [0.2, 0.25) is 5.89 Å². The van der Waals surface area contributed by atoms with Gasteiger partial charge in [0, 0.05) is 22.6 Å². The van der Waals surface area contributed by atoms with E-state index in [9.17, 15) is 0 Å². The number of rotatable bonds is 4. The zero-order valence-electron chi connectivity index (χ0n) is 11.1. The average molecular weight is 318 g/mol. The first-order valence-corrected chi connectivity index (χ1v) is 8.16. The first-order valence-electron chi connectivity index (χ1n) is 6.80. The van der Waals surface area contributed by atoms with Crippen LogP contribution in [-0.2, 0) is 5.75 Å². The molecule has 2 heterocycles. The van der Waals surface area contributed by atoms with Crippen LogP contribution in [0.4, 0.5) is 0 Å². The second-order valence-electron chi connectivity index (χ2n) is 5.10. The van der Waals surface area contributed by atoms with Crippen molar-refractivity contribution in [2.45, 2.75) is 29.7 Å². The molecule has 0 saturated heterocycles. The van der Waals surface area contributed by atoms with Gasteiger partial charge < -0.3 is 4.42 Å². The number of thioether (sulfide) groups is 1. The van der Waals surface area contributed by atoms with Crippen LogP contribution in [-0.4, -0.2) is 15.2 Å². The Morgan fingerprint density at radius 1 is 1.24 bits per heavy atom. The normalized spacial score (nSPS) is 14.7. The number of hydrogen-bond acceptors (Lipinski definition) is 5. The molecule has 21 heavy (non-hydrogen) atoms. The maximum Gasteiger partial charge on any atom is 0.276 e. The van der Waals surface area contributed by atoms with E-state index in [0.717, 1.165) is 35.2 Å². The fourth-order valence-corrected chi connectivity index (χ4v) is 3.18. The van der Waals surface area contributed by atoms with Gasteiger partial charge in [-0.2, -0.15) is 0 Å². The minimum Gasteiger partial charge on any atom is -0.416 e. The van der Waals surface area contributed by atoms with E-state index in [0.29, 0.717) is 22.0 Å². The fourth-order valence-electron chi connectivity index (χ4n) is 2.15. The molecule has 1 aromatic carbocycles. The molecule has 2 aromatic heterocycles. The van der Waals surface area contributed by atoms with E-state index < -0.39 is 0 Å². The number of fused-ring (bicyclic) bond motifs is 1. The summed E-state index contributed by atoms with van der Waals surface area (Å²) in [4.78, 5) is 4.42. The number of aromatic nitrogens is 3. The molecule has 0 amide bonds. The molecule has 1 fully saturated rings. The molecule has 4 nitrogen and oxygen atoms in total. The molecule has 0 N–H and O–H groups in total. The lowest BCUT2D eigenvalue weighted by molar-refractivity contribution is 0.414. The van der Waals surface area contributed by atoms with Crippen LogP contribution >= 0.6 is 23.4 Å². The van der Waals surface area contributed by atoms with Gasteiger partial charge in [-0.3, -0.25) is 0 Å². The Morgan fingerprint density at radius 3 is 2.95 bits per heavy atom. The highest BCUT2D eigenvalue weighted by atomic mass is 35.5. The molecular formula is C15H12ClN3OS. The molecule has 106 valence electrons. The second kappa shape index (κ2) is 5.31. The zero-order valence-corrected chi connectivity index (χ0v) is 12.7. The van der Waals surface area contributed by atoms with E-state index in [1.165, 1.54) is 11.8 Å². The van der Waals surface area contributed by atoms with Crippen molar-refractivity contribution in [1.82, 2.24) is 15.2 Å². The van der Waals surface area contributed by atoms with Crippen molar-refractivity contribution in [1.29, 1.82) is 0 Å². The molecule has 0 bridgehead atoms. The Kier molecular flexibility index (Phi) is 3.31. The molecule has 0 aliphatic heterocycles. The summed E-state index contributed by atoms with van der Waals surface area (Å²) in [7, 11) is 0. The van der Waals surface area contributed by atoms with Gasteiger partial charge in [-0.1, -0.05) is 41.6 Å². The minimum atomic E-state index is 0.484. The first kappa shape index (κ1) is 13.1. The van der Waals surface area contributed by atoms with Crippen molar-refractivity contribution >= 4 is 34.3 Å². The summed E-state index contributed by atoms with van der Waals surface area (Å²) in [5.41, 5.74) is 1.89. The van der Waals surface area contributed by atoms with Crippen LogP contribution in [0.15, 0.2) is 40.0 Å². The highest BCUT2D eigenvalue weighted by Gasteiger charge is 2.29. The van der Waals surface area contributed by atoms with E-state index in [2.05, 4.69) is 21.2 Å². The SMILES string of the molecule is Clc1nc2ccccc2cc1CSc1nnc(C2CC2)o1. The van der Waals surface area contributed by atoms with Crippen LogP contribution in [0.25, 0.3) is 10.9 Å². The van der Waals surface area contributed by atoms with E-state index >= 15 is 0 Å². The first-order chi connectivity index (χ1) is 10.3. The number of para-hydroxylation sites is 1. The zero-order chi connectivity index (χ0) is 14.2. The highest BCUT2D eigenvalue weighted by Crippen LogP contribution is 2.40. The summed E-state index contributed by atoms with van der Waals surface area (Å²) in [6, 6.07) is 10.0. The van der Waals surface area contributed by atoms with Crippen molar-refractivity contribution < 1.29 is 4.42 Å². The summed E-state index contributed by atoms with van der Waals surface area (Å²) < 4.78 is 5.63. The summed E-state index contributed by atoms with van der Waals surface area (Å²) in [6.07, 6.45) is 2.32. The molecule has 6 heteroatoms. The van der Waals surface area contributed by atoms with Crippen LogP contribution in [0, 0.1) is 0 Å². The summed E-state index contributed by atoms with van der Waals surface area (Å²) in [5.74, 6) is 1.92. The Morgan fingerprint density at radius 2 is 2.10 bits per heavy atom. The molecule has 0 spiro atoms. The van der Waals surface area contributed by atoms with E-state index in [-0.39, 0.29) is 0 Å². The third-order valence-electron chi connectivity index (χ3n) is 3.45. The largest absolute Gasteiger partial charge is 0.416 e. The second-order valence-corrected chi connectivity index (χ2v) is 6.38. The number of benzene rings is 1. The highest BCUT2D eigenvalue weighted by molar-refractivity contribution is 7.98. The molecule has 0 unspecified atom stereocenters. The maximum atomic E-state index is 6.24. The molecule has 0 radical (unpaired) electrons. The monoisotopic (exact) mass is 317 g/mol. The number of nitrogens with zero attached hydrogens (tertiary/aromatic N) is 3. The van der Waals surface area contributed by atoms with Crippen LogP contribution in [0.2, 0.25) is 5.15 Å². The van der Waals surface area contributed by atoms with Gasteiger partial charge in [-0.15, -0.1) is 10.2 Å². The van der Waals surface area contributed by atoms with E-state index in [4.69, 9.17) is 16.0 Å². The number of hydrogen-bond donors (Lipinski definition) is 0. The molecule has 1 aliphatic carbocycles. The van der Waals surface area contributed by atoms with Crippen LogP contribution in [0.1, 0.15) is 30.2 Å². The smallest absolute Gasteiger partial charge is 0.276 e. The van der Waals surface area contributed by atoms with Crippen molar-refractivity contribution in [2.24, 2.45) is 0 Å². The summed E-state index contributed by atoms with van der Waals surface area (Å²) in [6.45, 7) is 0. The standard InChI is InChI=1S/C15H12ClN3OS/c16-13-11(7-10-3-1-2-4-12(10)17-13)8-21-15-19-18-14(20-15)9-5-6-9/h1-4,7,9H,5-6,8H2. The Bertz CT molecular complexity index is 800. The van der Waals surface area contributed by atoms with Crippen molar-refractivity contribution in [3.8, 4) is 0 Å². The average Bonchev–Trinajstić information content (AvgIpc) is 3.24. The van der Waals surface area contributed by atoms with Gasteiger partial charge >= 0.3 is 0 Å². The van der Waals surface area contributed by atoms with Crippen molar-refractivity contribution in [3.63, 3.8) is 0 Å². The van der Waals surface area contributed by atoms with Crippen LogP contribution in [0.3, 0.4) is 0 Å². The summed E-state index contributed by atoms with van der Waals surface area (Å²) in [5, 5.41) is 10.4. The van der Waals surface area contributed by atoms with Crippen LogP contribution < -0.4 is 0 Å². The molecule has 1 saturated carbocycles. The minimum absolute atomic E-state index is 0.484. The Labute approximate surface area is 130 Å². The van der Waals surface area contributed by atoms with Gasteiger partial charge in [-0.25, -0.2) is 4.98 Å². The van der Waals surface area contributed by atoms with Crippen molar-refractivity contribution in [3.05, 3.63) is 46.9 Å². The van der Waals surface area contributed by atoms with Gasteiger partial charge in [0.25, 0.3) is 5.22 Å². The lowest BCUT2D eigenvalue weighted by atomic mass is 10.2. The Balaban J connectivity index is 1.54. The number of halogens is 1. The summed E-state index contributed by atoms with van der Waals surface area (Å²) >= 11 is 7.74. The molecular weight excluding hydrogens is 306 g/mol. The topological polar surface area (TPSA) is 51.8 Å². The lowest BCUT2D eigenvalue weighted by Gasteiger charge is -2.04. The van der Waals surface area contributed by atoms with Crippen molar-refractivity contribution in [2.75, 3.05) is 0 Å². The molecule has 4 rings (SSSR count). The fraction of sp³-hybridized carbons (Fsp3) is 0.267. The molecule has 3 aromatic rings. The predicted molar refractivity (Wildman–Crippen MR) is 82.6 cm³/mol. The van der Waals surface area contributed by atoms with E-state index in [1.54, 1.807) is 0 Å². The van der Waals surface area contributed by atoms with Gasteiger partial charge in [-0.05, 0) is 25.0 Å². The predicted octanol–water partition coefficient (Wildman–Crippen LogP) is 4.44. The van der Waals surface area contributed by atoms with E-state index in [1.807, 2.05) is 24.3 Å². The Hall–Kier alpha value is -1.59. The third kappa shape index (κ3) is 2.76. The third-order valence-corrected chi connectivity index (χ3v) is 4.64. The van der Waals surface area contributed by atoms with Crippen LogP contribution in [0.5, 0.6) is 0 Å². The maximum absolute atomic E-state index is 6.24. The number of pyridine rings is 1.